The maximum atomic E-state index is 11.4. The summed E-state index contributed by atoms with van der Waals surface area (Å²) >= 11 is 0. The molecule has 0 fully saturated rings. The molecule has 122 valence electrons. The van der Waals surface area contributed by atoms with E-state index in [2.05, 4.69) is 30.6 Å². The van der Waals surface area contributed by atoms with Crippen molar-refractivity contribution in [3.8, 4) is 0 Å². The van der Waals surface area contributed by atoms with Crippen LogP contribution in [0.3, 0.4) is 0 Å². The number of carbonyl (C=O) groups is 1. The Bertz CT molecular complexity index is 633. The van der Waals surface area contributed by atoms with E-state index in [4.69, 9.17) is 4.74 Å². The van der Waals surface area contributed by atoms with Gasteiger partial charge in [0.25, 0.3) is 0 Å². The first-order valence-corrected chi connectivity index (χ1v) is 7.11. The summed E-state index contributed by atoms with van der Waals surface area (Å²) in [6, 6.07) is 6.87. The van der Waals surface area contributed by atoms with Crippen LogP contribution in [0.15, 0.2) is 30.5 Å². The smallest absolute Gasteiger partial charge is 0.337 e. The molecule has 0 spiro atoms. The first-order valence-electron chi connectivity index (χ1n) is 7.11. The van der Waals surface area contributed by atoms with Gasteiger partial charge < -0.3 is 20.1 Å². The molecule has 0 radical (unpaired) electrons. The summed E-state index contributed by atoms with van der Waals surface area (Å²) in [5.41, 5.74) is 1.27. The number of carbonyl (C=O) groups excluding carboxylic acids is 1. The Kier molecular flexibility index (Phi) is 6.25. The molecule has 0 aliphatic carbocycles. The summed E-state index contributed by atoms with van der Waals surface area (Å²) < 4.78 is 9.63. The molecule has 8 heteroatoms. The Morgan fingerprint density at radius 2 is 2.00 bits per heavy atom. The zero-order valence-corrected chi connectivity index (χ0v) is 13.1. The lowest BCUT2D eigenvalue weighted by molar-refractivity contribution is 0.0601. The number of rotatable bonds is 8. The van der Waals surface area contributed by atoms with E-state index < -0.39 is 0 Å². The summed E-state index contributed by atoms with van der Waals surface area (Å²) in [5.74, 6) is 0.625. The largest absolute Gasteiger partial charge is 0.465 e. The quantitative estimate of drug-likeness (QED) is 0.562. The molecule has 0 saturated carbocycles. The molecule has 1 aromatic heterocycles. The lowest BCUT2D eigenvalue weighted by Crippen LogP contribution is -2.09. The van der Waals surface area contributed by atoms with Crippen molar-refractivity contribution in [2.45, 2.75) is 6.42 Å². The van der Waals surface area contributed by atoms with E-state index in [0.717, 1.165) is 12.1 Å². The zero-order chi connectivity index (χ0) is 16.5. The molecule has 0 unspecified atom stereocenters. The standard InChI is InChI=1S/C15H19N5O3/c1-22-9-3-8-16-15-19-13(10-17-20-15)18-12-6-4-11(5-7-12)14(21)23-2/h4-7,10H,3,8-9H2,1-2H3,(H2,16,18,19,20). The van der Waals surface area contributed by atoms with E-state index in [9.17, 15) is 4.79 Å². The fraction of sp³-hybridized carbons (Fsp3) is 0.333. The minimum Gasteiger partial charge on any atom is -0.465 e. The lowest BCUT2D eigenvalue weighted by atomic mass is 10.2. The normalized spacial score (nSPS) is 10.2. The van der Waals surface area contributed by atoms with Crippen molar-refractivity contribution in [2.24, 2.45) is 0 Å². The summed E-state index contributed by atoms with van der Waals surface area (Å²) in [7, 11) is 3.01. The van der Waals surface area contributed by atoms with Gasteiger partial charge in [-0.1, -0.05) is 0 Å². The second-order valence-corrected chi connectivity index (χ2v) is 4.63. The van der Waals surface area contributed by atoms with Crippen molar-refractivity contribution in [3.63, 3.8) is 0 Å². The van der Waals surface area contributed by atoms with Gasteiger partial charge in [0.15, 0.2) is 5.82 Å². The molecule has 1 heterocycles. The number of nitrogens with zero attached hydrogens (tertiary/aromatic N) is 3. The second kappa shape index (κ2) is 8.64. The molecule has 2 N–H and O–H groups in total. The third-order valence-corrected chi connectivity index (χ3v) is 2.95. The van der Waals surface area contributed by atoms with Crippen molar-refractivity contribution in [3.05, 3.63) is 36.0 Å². The molecule has 23 heavy (non-hydrogen) atoms. The van der Waals surface area contributed by atoms with Gasteiger partial charge in [-0.25, -0.2) is 4.79 Å². The van der Waals surface area contributed by atoms with Crippen LogP contribution < -0.4 is 10.6 Å². The Hall–Kier alpha value is -2.74. The summed E-state index contributed by atoms with van der Waals surface area (Å²) in [6.45, 7) is 1.37. The first kappa shape index (κ1) is 16.6. The maximum Gasteiger partial charge on any atom is 0.337 e. The number of hydrogen-bond acceptors (Lipinski definition) is 8. The molecule has 0 amide bonds. The SMILES string of the molecule is COCCCNc1nncc(Nc2ccc(C(=O)OC)cc2)n1. The lowest BCUT2D eigenvalue weighted by Gasteiger charge is -2.08. The number of aromatic nitrogens is 3. The van der Waals surface area contributed by atoms with E-state index in [1.54, 1.807) is 31.4 Å². The average Bonchev–Trinajstić information content (AvgIpc) is 2.59. The summed E-state index contributed by atoms with van der Waals surface area (Å²) in [6.07, 6.45) is 2.38. The third-order valence-electron chi connectivity index (χ3n) is 2.95. The van der Waals surface area contributed by atoms with Crippen LogP contribution in [0.4, 0.5) is 17.5 Å². The van der Waals surface area contributed by atoms with Crippen LogP contribution in [0.25, 0.3) is 0 Å². The minimum atomic E-state index is -0.372. The molecule has 2 aromatic rings. The van der Waals surface area contributed by atoms with Gasteiger partial charge in [-0.15, -0.1) is 5.10 Å². The van der Waals surface area contributed by atoms with Gasteiger partial charge in [0.1, 0.15) is 0 Å². The monoisotopic (exact) mass is 317 g/mol. The number of methoxy groups -OCH3 is 2. The predicted molar refractivity (Wildman–Crippen MR) is 85.9 cm³/mol. The molecule has 0 bridgehead atoms. The van der Waals surface area contributed by atoms with Crippen LogP contribution in [0, 0.1) is 0 Å². The van der Waals surface area contributed by atoms with Crippen LogP contribution in [0.1, 0.15) is 16.8 Å². The zero-order valence-electron chi connectivity index (χ0n) is 13.1. The number of esters is 1. The van der Waals surface area contributed by atoms with Gasteiger partial charge in [0, 0.05) is 25.9 Å². The van der Waals surface area contributed by atoms with Crippen LogP contribution in [0.5, 0.6) is 0 Å². The number of hydrogen-bond donors (Lipinski definition) is 2. The van der Waals surface area contributed by atoms with E-state index in [0.29, 0.717) is 30.5 Å². The van der Waals surface area contributed by atoms with Crippen molar-refractivity contribution < 1.29 is 14.3 Å². The molecule has 1 aromatic carbocycles. The molecule has 2 rings (SSSR count). The van der Waals surface area contributed by atoms with E-state index in [1.165, 1.54) is 13.3 Å². The van der Waals surface area contributed by atoms with Gasteiger partial charge in [-0.05, 0) is 30.7 Å². The molecular weight excluding hydrogens is 298 g/mol. The predicted octanol–water partition coefficient (Wildman–Crippen LogP) is 1.85. The number of anilines is 3. The van der Waals surface area contributed by atoms with Crippen LogP contribution in [0.2, 0.25) is 0 Å². The topological polar surface area (TPSA) is 98.3 Å². The van der Waals surface area contributed by atoms with E-state index in [-0.39, 0.29) is 5.97 Å². The second-order valence-electron chi connectivity index (χ2n) is 4.63. The molecule has 0 atom stereocenters. The highest BCUT2D eigenvalue weighted by Gasteiger charge is 2.05. The fourth-order valence-corrected chi connectivity index (χ4v) is 1.81. The highest BCUT2D eigenvalue weighted by atomic mass is 16.5. The first-order chi connectivity index (χ1) is 11.2. The number of benzene rings is 1. The summed E-state index contributed by atoms with van der Waals surface area (Å²) in [5, 5.41) is 14.0. The van der Waals surface area contributed by atoms with Crippen molar-refractivity contribution in [2.75, 3.05) is 38.0 Å². The highest BCUT2D eigenvalue weighted by molar-refractivity contribution is 5.89. The van der Waals surface area contributed by atoms with Gasteiger partial charge >= 0.3 is 5.97 Å². The Balaban J connectivity index is 1.95. The van der Waals surface area contributed by atoms with Crippen molar-refractivity contribution in [1.29, 1.82) is 0 Å². The van der Waals surface area contributed by atoms with Gasteiger partial charge in [0.2, 0.25) is 5.95 Å². The average molecular weight is 317 g/mol. The van der Waals surface area contributed by atoms with Crippen molar-refractivity contribution in [1.82, 2.24) is 15.2 Å². The Morgan fingerprint density at radius 1 is 1.22 bits per heavy atom. The van der Waals surface area contributed by atoms with Crippen LogP contribution >= 0.6 is 0 Å². The van der Waals surface area contributed by atoms with Crippen LogP contribution in [-0.4, -0.2) is 48.5 Å². The fourth-order valence-electron chi connectivity index (χ4n) is 1.81. The highest BCUT2D eigenvalue weighted by Crippen LogP contribution is 2.15. The maximum absolute atomic E-state index is 11.4. The molecule has 0 aliphatic heterocycles. The van der Waals surface area contributed by atoms with Crippen molar-refractivity contribution >= 4 is 23.4 Å². The molecule has 8 nitrogen and oxygen atoms in total. The number of ether oxygens (including phenoxy) is 2. The van der Waals surface area contributed by atoms with Gasteiger partial charge in [-0.3, -0.25) is 0 Å². The molecule has 0 aliphatic rings. The summed E-state index contributed by atoms with van der Waals surface area (Å²) in [4.78, 5) is 15.7. The van der Waals surface area contributed by atoms with E-state index >= 15 is 0 Å². The van der Waals surface area contributed by atoms with E-state index in [1.807, 2.05) is 0 Å². The van der Waals surface area contributed by atoms with Crippen LogP contribution in [-0.2, 0) is 9.47 Å². The third kappa shape index (κ3) is 5.19. The molecule has 0 saturated heterocycles. The van der Waals surface area contributed by atoms with Gasteiger partial charge in [-0.2, -0.15) is 10.1 Å². The van der Waals surface area contributed by atoms with Gasteiger partial charge in [0.05, 0.1) is 18.9 Å². The molecular formula is C15H19N5O3. The minimum absolute atomic E-state index is 0.372. The Labute approximate surface area is 134 Å². The number of nitrogens with one attached hydrogen (secondary N) is 2. The Morgan fingerprint density at radius 3 is 2.70 bits per heavy atom.